The maximum Gasteiger partial charge on any atom is 0.213 e. The minimum Gasteiger partial charge on any atom is -0.481 e. The minimum absolute atomic E-state index is 0.162. The second-order valence-electron chi connectivity index (χ2n) is 6.23. The van der Waals surface area contributed by atoms with Crippen molar-refractivity contribution in [1.29, 1.82) is 0 Å². The van der Waals surface area contributed by atoms with Gasteiger partial charge in [-0.1, -0.05) is 19.4 Å². The Bertz CT molecular complexity index is 433. The monoisotopic (exact) mass is 277 g/mol. The van der Waals surface area contributed by atoms with E-state index < -0.39 is 0 Å². The molecule has 1 aromatic heterocycles. The summed E-state index contributed by atoms with van der Waals surface area (Å²) in [6.07, 6.45) is 2.46. The summed E-state index contributed by atoms with van der Waals surface area (Å²) in [6.45, 7) is 9.83. The highest BCUT2D eigenvalue weighted by atomic mass is 16.5. The van der Waals surface area contributed by atoms with Gasteiger partial charge in [0.05, 0.1) is 12.8 Å². The van der Waals surface area contributed by atoms with Crippen molar-refractivity contribution in [2.45, 2.75) is 51.7 Å². The Labute approximate surface area is 122 Å². The van der Waals surface area contributed by atoms with E-state index in [1.807, 2.05) is 12.1 Å². The zero-order valence-electron chi connectivity index (χ0n) is 13.1. The molecule has 0 amide bonds. The molecule has 1 fully saturated rings. The van der Waals surface area contributed by atoms with Gasteiger partial charge in [-0.15, -0.1) is 0 Å². The van der Waals surface area contributed by atoms with Crippen LogP contribution in [0.5, 0.6) is 5.88 Å². The van der Waals surface area contributed by atoms with Gasteiger partial charge < -0.3 is 10.1 Å². The molecule has 4 heteroatoms. The van der Waals surface area contributed by atoms with E-state index in [1.54, 1.807) is 7.11 Å². The normalized spacial score (nSPS) is 22.7. The van der Waals surface area contributed by atoms with Crippen molar-refractivity contribution in [3.05, 3.63) is 23.9 Å². The van der Waals surface area contributed by atoms with Crippen LogP contribution in [0.3, 0.4) is 0 Å². The van der Waals surface area contributed by atoms with E-state index in [1.165, 1.54) is 12.8 Å². The maximum atomic E-state index is 5.21. The first kappa shape index (κ1) is 15.3. The molecule has 0 bridgehead atoms. The average molecular weight is 277 g/mol. The summed E-state index contributed by atoms with van der Waals surface area (Å²) < 4.78 is 5.21. The van der Waals surface area contributed by atoms with Crippen molar-refractivity contribution >= 4 is 0 Å². The Morgan fingerprint density at radius 2 is 2.25 bits per heavy atom. The first-order chi connectivity index (χ1) is 9.55. The summed E-state index contributed by atoms with van der Waals surface area (Å²) in [5.41, 5.74) is 1.24. The van der Waals surface area contributed by atoms with E-state index in [4.69, 9.17) is 4.74 Å². The highest BCUT2D eigenvalue weighted by Crippen LogP contribution is 2.22. The fourth-order valence-corrected chi connectivity index (χ4v) is 2.76. The molecule has 4 nitrogen and oxygen atoms in total. The molecule has 0 aromatic carbocycles. The Balaban J connectivity index is 2.07. The topological polar surface area (TPSA) is 37.4 Å². The van der Waals surface area contributed by atoms with Crippen LogP contribution in [0.2, 0.25) is 0 Å². The van der Waals surface area contributed by atoms with Crippen molar-refractivity contribution in [2.75, 3.05) is 20.2 Å². The molecule has 1 aliphatic rings. The molecule has 1 N–H and O–H groups in total. The van der Waals surface area contributed by atoms with Crippen LogP contribution in [-0.4, -0.2) is 41.7 Å². The molecule has 0 saturated carbocycles. The van der Waals surface area contributed by atoms with Gasteiger partial charge in [0.25, 0.3) is 0 Å². The lowest BCUT2D eigenvalue weighted by Crippen LogP contribution is -2.61. The fraction of sp³-hybridized carbons (Fsp3) is 0.688. The lowest BCUT2D eigenvalue weighted by molar-refractivity contribution is 0.0551. The van der Waals surface area contributed by atoms with Gasteiger partial charge in [-0.25, -0.2) is 4.98 Å². The highest BCUT2D eigenvalue weighted by Gasteiger charge is 2.33. The number of methoxy groups -OCH3 is 1. The molecule has 0 aliphatic carbocycles. The third-order valence-corrected chi connectivity index (χ3v) is 4.10. The quantitative estimate of drug-likeness (QED) is 0.897. The van der Waals surface area contributed by atoms with Crippen LogP contribution < -0.4 is 10.1 Å². The molecule has 1 saturated heterocycles. The molecule has 0 spiro atoms. The van der Waals surface area contributed by atoms with E-state index in [2.05, 4.69) is 42.0 Å². The van der Waals surface area contributed by atoms with E-state index in [0.717, 1.165) is 25.3 Å². The first-order valence-electron chi connectivity index (χ1n) is 7.53. The van der Waals surface area contributed by atoms with E-state index >= 15 is 0 Å². The first-order valence-corrected chi connectivity index (χ1v) is 7.53. The molecule has 1 atom stereocenters. The number of hydrogen-bond donors (Lipinski definition) is 1. The number of piperazine rings is 1. The molecule has 1 aliphatic heterocycles. The molecule has 20 heavy (non-hydrogen) atoms. The summed E-state index contributed by atoms with van der Waals surface area (Å²) >= 11 is 0. The number of nitrogens with zero attached hydrogens (tertiary/aromatic N) is 2. The summed E-state index contributed by atoms with van der Waals surface area (Å²) in [6, 6.07) is 6.58. The van der Waals surface area contributed by atoms with Crippen molar-refractivity contribution < 1.29 is 4.74 Å². The van der Waals surface area contributed by atoms with Crippen LogP contribution >= 0.6 is 0 Å². The number of aromatic nitrogens is 1. The van der Waals surface area contributed by atoms with Crippen LogP contribution in [0.15, 0.2) is 18.2 Å². The molecular weight excluding hydrogens is 250 g/mol. The second-order valence-corrected chi connectivity index (χ2v) is 6.23. The van der Waals surface area contributed by atoms with Gasteiger partial charge in [-0.3, -0.25) is 4.90 Å². The van der Waals surface area contributed by atoms with E-state index in [9.17, 15) is 0 Å². The van der Waals surface area contributed by atoms with E-state index in [-0.39, 0.29) is 5.54 Å². The Morgan fingerprint density at radius 3 is 2.95 bits per heavy atom. The standard InChI is InChI=1S/C16H27N3O/c1-5-7-13-10-19(16(2,3)12-17-13)11-14-8-6-9-15(18-14)20-4/h6,8-9,13,17H,5,7,10-12H2,1-4H3. The smallest absolute Gasteiger partial charge is 0.213 e. The number of rotatable bonds is 5. The largest absolute Gasteiger partial charge is 0.481 e. The minimum atomic E-state index is 0.162. The second kappa shape index (κ2) is 6.55. The van der Waals surface area contributed by atoms with Crippen molar-refractivity contribution in [2.24, 2.45) is 0 Å². The van der Waals surface area contributed by atoms with Crippen LogP contribution in [-0.2, 0) is 6.54 Å². The van der Waals surface area contributed by atoms with E-state index in [0.29, 0.717) is 11.9 Å². The lowest BCUT2D eigenvalue weighted by atomic mass is 9.95. The summed E-state index contributed by atoms with van der Waals surface area (Å²) in [7, 11) is 1.66. The van der Waals surface area contributed by atoms with Crippen molar-refractivity contribution in [3.8, 4) is 5.88 Å². The summed E-state index contributed by atoms with van der Waals surface area (Å²) in [5.74, 6) is 0.695. The predicted octanol–water partition coefficient (Wildman–Crippen LogP) is 2.44. The molecular formula is C16H27N3O. The number of nitrogens with one attached hydrogen (secondary N) is 1. The number of hydrogen-bond acceptors (Lipinski definition) is 4. The Kier molecular flexibility index (Phi) is 5.00. The average Bonchev–Trinajstić information content (AvgIpc) is 2.43. The van der Waals surface area contributed by atoms with Gasteiger partial charge in [0.2, 0.25) is 5.88 Å². The van der Waals surface area contributed by atoms with Gasteiger partial charge in [0.1, 0.15) is 0 Å². The summed E-state index contributed by atoms with van der Waals surface area (Å²) in [5, 5.41) is 3.66. The number of ether oxygens (including phenoxy) is 1. The van der Waals surface area contributed by atoms with Crippen LogP contribution in [0.4, 0.5) is 0 Å². The molecule has 2 rings (SSSR count). The van der Waals surface area contributed by atoms with Crippen molar-refractivity contribution in [1.82, 2.24) is 15.2 Å². The molecule has 1 unspecified atom stereocenters. The highest BCUT2D eigenvalue weighted by molar-refractivity contribution is 5.16. The van der Waals surface area contributed by atoms with Crippen LogP contribution in [0.25, 0.3) is 0 Å². The van der Waals surface area contributed by atoms with Crippen LogP contribution in [0, 0.1) is 0 Å². The van der Waals surface area contributed by atoms with Gasteiger partial charge in [-0.2, -0.15) is 0 Å². The summed E-state index contributed by atoms with van der Waals surface area (Å²) in [4.78, 5) is 7.07. The zero-order chi connectivity index (χ0) is 14.6. The molecule has 2 heterocycles. The number of pyridine rings is 1. The predicted molar refractivity (Wildman–Crippen MR) is 82.0 cm³/mol. The zero-order valence-corrected chi connectivity index (χ0v) is 13.1. The molecule has 0 radical (unpaired) electrons. The Hall–Kier alpha value is -1.13. The van der Waals surface area contributed by atoms with Gasteiger partial charge in [-0.05, 0) is 26.3 Å². The lowest BCUT2D eigenvalue weighted by Gasteiger charge is -2.46. The van der Waals surface area contributed by atoms with Crippen LogP contribution in [0.1, 0.15) is 39.3 Å². The third kappa shape index (κ3) is 3.70. The molecule has 1 aromatic rings. The maximum absolute atomic E-state index is 5.21. The third-order valence-electron chi connectivity index (χ3n) is 4.10. The SMILES string of the molecule is CCCC1CN(Cc2cccc(OC)n2)C(C)(C)CN1. The van der Waals surface area contributed by atoms with Crippen molar-refractivity contribution in [3.63, 3.8) is 0 Å². The van der Waals surface area contributed by atoms with Gasteiger partial charge in [0, 0.05) is 37.3 Å². The Morgan fingerprint density at radius 1 is 1.45 bits per heavy atom. The van der Waals surface area contributed by atoms with Gasteiger partial charge in [0.15, 0.2) is 0 Å². The van der Waals surface area contributed by atoms with Gasteiger partial charge >= 0.3 is 0 Å². The molecule has 112 valence electrons. The fourth-order valence-electron chi connectivity index (χ4n) is 2.76.